The van der Waals surface area contributed by atoms with Gasteiger partial charge in [0.2, 0.25) is 5.75 Å². The van der Waals surface area contributed by atoms with Gasteiger partial charge < -0.3 is 19.5 Å². The summed E-state index contributed by atoms with van der Waals surface area (Å²) in [6.07, 6.45) is 3.57. The van der Waals surface area contributed by atoms with Crippen molar-refractivity contribution in [2.24, 2.45) is 5.92 Å². The fourth-order valence-electron chi connectivity index (χ4n) is 6.51. The summed E-state index contributed by atoms with van der Waals surface area (Å²) in [6.45, 7) is 0.903. The molecule has 3 atom stereocenters. The predicted octanol–water partition coefficient (Wildman–Crippen LogP) is 3.04. The minimum atomic E-state index is -0.360. The smallest absolute Gasteiger partial charge is 0.346 e. The monoisotopic (exact) mass is 461 g/mol. The molecule has 0 spiro atoms. The van der Waals surface area contributed by atoms with Gasteiger partial charge >= 0.3 is 6.01 Å². The molecule has 0 radical (unpaired) electrons. The summed E-state index contributed by atoms with van der Waals surface area (Å²) in [7, 11) is 3.67. The summed E-state index contributed by atoms with van der Waals surface area (Å²) < 4.78 is 13.3. The van der Waals surface area contributed by atoms with Gasteiger partial charge in [-0.05, 0) is 73.0 Å². The molecule has 2 bridgehead atoms. The molecule has 9 nitrogen and oxygen atoms in total. The van der Waals surface area contributed by atoms with Gasteiger partial charge in [-0.3, -0.25) is 4.79 Å². The van der Waals surface area contributed by atoms with Crippen molar-refractivity contribution in [3.63, 3.8) is 0 Å². The first-order valence-electron chi connectivity index (χ1n) is 11.7. The number of hydrogen-bond acceptors (Lipinski definition) is 8. The molecule has 34 heavy (non-hydrogen) atoms. The second kappa shape index (κ2) is 7.80. The van der Waals surface area contributed by atoms with Crippen LogP contribution in [-0.4, -0.2) is 62.7 Å². The number of aromatic nitrogens is 4. The minimum Gasteiger partial charge on any atom is -0.504 e. The van der Waals surface area contributed by atoms with E-state index in [-0.39, 0.29) is 28.7 Å². The SMILES string of the molecule is COc1c(Oc2nnnn2-c2ccccc2)cc2c(c1O)[C@@]13CCN(C)[C@@H](C2)[C@H]1CCC(=O)C3. The Kier molecular flexibility index (Phi) is 4.84. The first-order chi connectivity index (χ1) is 16.5. The van der Waals surface area contributed by atoms with Crippen molar-refractivity contribution in [2.75, 3.05) is 20.7 Å². The van der Waals surface area contributed by atoms with Crippen LogP contribution >= 0.6 is 0 Å². The lowest BCUT2D eigenvalue weighted by Gasteiger charge is -2.58. The summed E-state index contributed by atoms with van der Waals surface area (Å²) in [5.74, 6) is 1.27. The topological polar surface area (TPSA) is 103 Å². The number of tetrazole rings is 1. The molecule has 1 saturated carbocycles. The zero-order valence-electron chi connectivity index (χ0n) is 19.3. The zero-order valence-corrected chi connectivity index (χ0v) is 19.3. The van der Waals surface area contributed by atoms with Gasteiger partial charge in [0.15, 0.2) is 11.5 Å². The number of rotatable bonds is 4. The second-order valence-electron chi connectivity index (χ2n) is 9.62. The van der Waals surface area contributed by atoms with Gasteiger partial charge in [0.25, 0.3) is 0 Å². The van der Waals surface area contributed by atoms with Gasteiger partial charge in [0.05, 0.1) is 12.8 Å². The molecule has 2 aromatic carbocycles. The Balaban J connectivity index is 1.47. The number of ketones is 1. The highest BCUT2D eigenvalue weighted by Gasteiger charge is 2.56. The van der Waals surface area contributed by atoms with Crippen molar-refractivity contribution in [3.05, 3.63) is 47.5 Å². The minimum absolute atomic E-state index is 0.0661. The first kappa shape index (κ1) is 21.1. The Bertz CT molecular complexity index is 1260. The van der Waals surface area contributed by atoms with E-state index in [4.69, 9.17) is 9.47 Å². The van der Waals surface area contributed by atoms with Crippen molar-refractivity contribution >= 4 is 5.78 Å². The van der Waals surface area contributed by atoms with Crippen molar-refractivity contribution in [1.29, 1.82) is 0 Å². The third-order valence-electron chi connectivity index (χ3n) is 7.97. The Morgan fingerprint density at radius 3 is 2.85 bits per heavy atom. The summed E-state index contributed by atoms with van der Waals surface area (Å²) in [6, 6.07) is 11.9. The fourth-order valence-corrected chi connectivity index (χ4v) is 6.51. The number of nitrogens with zero attached hydrogens (tertiary/aromatic N) is 5. The lowest BCUT2D eigenvalue weighted by molar-refractivity contribution is -0.126. The van der Waals surface area contributed by atoms with Crippen molar-refractivity contribution < 1.29 is 19.4 Å². The number of ether oxygens (including phenoxy) is 2. The number of hydrogen-bond donors (Lipinski definition) is 1. The molecule has 6 rings (SSSR count). The largest absolute Gasteiger partial charge is 0.504 e. The average Bonchev–Trinajstić information content (AvgIpc) is 3.30. The van der Waals surface area contributed by atoms with E-state index in [1.807, 2.05) is 36.4 Å². The van der Waals surface area contributed by atoms with Gasteiger partial charge in [0.1, 0.15) is 5.78 Å². The van der Waals surface area contributed by atoms with E-state index in [0.717, 1.165) is 42.6 Å². The number of likely N-dealkylation sites (tertiary alicyclic amines) is 1. The number of Topliss-reactive ketones (excluding diaryl/α,β-unsaturated/α-hetero) is 1. The summed E-state index contributed by atoms with van der Waals surface area (Å²) >= 11 is 0. The van der Waals surface area contributed by atoms with Gasteiger partial charge in [-0.25, -0.2) is 0 Å². The Hall–Kier alpha value is -3.46. The van der Waals surface area contributed by atoms with Crippen molar-refractivity contribution in [1.82, 2.24) is 25.1 Å². The predicted molar refractivity (Wildman–Crippen MR) is 123 cm³/mol. The van der Waals surface area contributed by atoms with Crippen LogP contribution in [0.25, 0.3) is 5.69 Å². The highest BCUT2D eigenvalue weighted by Crippen LogP contribution is 2.60. The lowest BCUT2D eigenvalue weighted by Crippen LogP contribution is -2.60. The molecule has 0 amide bonds. The number of phenols is 1. The number of benzene rings is 2. The van der Waals surface area contributed by atoms with Crippen LogP contribution in [0.3, 0.4) is 0 Å². The quantitative estimate of drug-likeness (QED) is 0.633. The van der Waals surface area contributed by atoms with E-state index in [2.05, 4.69) is 27.5 Å². The number of aromatic hydroxyl groups is 1. The lowest BCUT2D eigenvalue weighted by atomic mass is 9.52. The highest BCUT2D eigenvalue weighted by molar-refractivity contribution is 5.82. The van der Waals surface area contributed by atoms with Crippen LogP contribution in [0.1, 0.15) is 36.8 Å². The maximum absolute atomic E-state index is 12.6. The maximum Gasteiger partial charge on any atom is 0.346 e. The van der Waals surface area contributed by atoms with Crippen molar-refractivity contribution in [2.45, 2.75) is 43.6 Å². The molecule has 3 aromatic rings. The second-order valence-corrected chi connectivity index (χ2v) is 9.62. The highest BCUT2D eigenvalue weighted by atomic mass is 16.5. The Morgan fingerprint density at radius 2 is 2.06 bits per heavy atom. The first-order valence-corrected chi connectivity index (χ1v) is 11.7. The number of carbonyl (C=O) groups excluding carboxylic acids is 1. The molecule has 1 saturated heterocycles. The van der Waals surface area contributed by atoms with Crippen LogP contribution in [0.5, 0.6) is 23.3 Å². The van der Waals surface area contributed by atoms with Gasteiger partial charge in [-0.15, -0.1) is 0 Å². The third-order valence-corrected chi connectivity index (χ3v) is 7.97. The molecule has 1 aliphatic heterocycles. The van der Waals surface area contributed by atoms with Crippen LogP contribution < -0.4 is 9.47 Å². The Labute approximate surface area is 197 Å². The zero-order chi connectivity index (χ0) is 23.4. The number of phenolic OH excluding ortho intramolecular Hbond substituents is 1. The third kappa shape index (κ3) is 3.03. The van der Waals surface area contributed by atoms with Gasteiger partial charge in [0, 0.05) is 29.9 Å². The van der Waals surface area contributed by atoms with E-state index in [0.29, 0.717) is 30.6 Å². The summed E-state index contributed by atoms with van der Waals surface area (Å²) in [5.41, 5.74) is 2.25. The molecular formula is C25H27N5O4. The van der Waals surface area contributed by atoms with Crippen molar-refractivity contribution in [3.8, 4) is 28.9 Å². The normalized spacial score (nSPS) is 26.0. The number of piperidine rings is 1. The molecule has 2 aliphatic carbocycles. The number of likely N-dealkylation sites (N-methyl/N-ethyl adjacent to an activating group) is 1. The standard InChI is InChI=1S/C25H27N5O4/c1-29-11-10-25-14-17(31)8-9-18(25)19(29)12-15-13-20(23(33-2)22(32)21(15)25)34-24-26-27-28-30(24)16-6-4-3-5-7-16/h3-7,13,18-19,32H,8-12,14H2,1-2H3/t18-,19+,25-/m1/s1. The van der Waals surface area contributed by atoms with Crippen LogP contribution in [0, 0.1) is 5.92 Å². The summed E-state index contributed by atoms with van der Waals surface area (Å²) in [5, 5.41) is 23.4. The van der Waals surface area contributed by atoms with Gasteiger partial charge in [-0.1, -0.05) is 23.3 Å². The van der Waals surface area contributed by atoms with E-state index in [9.17, 15) is 9.90 Å². The molecular weight excluding hydrogens is 434 g/mol. The molecule has 2 fully saturated rings. The van der Waals surface area contributed by atoms with Crippen LogP contribution in [0.4, 0.5) is 0 Å². The number of para-hydroxylation sites is 1. The van der Waals surface area contributed by atoms with E-state index in [1.54, 1.807) is 0 Å². The maximum atomic E-state index is 12.6. The van der Waals surface area contributed by atoms with Gasteiger partial charge in [-0.2, -0.15) is 4.68 Å². The fraction of sp³-hybridized carbons (Fsp3) is 0.440. The molecule has 9 heteroatoms. The number of carbonyl (C=O) groups is 1. The molecule has 0 unspecified atom stereocenters. The van der Waals surface area contributed by atoms with E-state index >= 15 is 0 Å². The number of fused-ring (bicyclic) bond motifs is 1. The van der Waals surface area contributed by atoms with E-state index < -0.39 is 0 Å². The molecule has 1 aromatic heterocycles. The van der Waals surface area contributed by atoms with E-state index in [1.165, 1.54) is 11.8 Å². The summed E-state index contributed by atoms with van der Waals surface area (Å²) in [4.78, 5) is 15.0. The number of methoxy groups -OCH3 is 1. The van der Waals surface area contributed by atoms with Crippen LogP contribution in [0.2, 0.25) is 0 Å². The average molecular weight is 462 g/mol. The Morgan fingerprint density at radius 1 is 1.24 bits per heavy atom. The molecule has 176 valence electrons. The van der Waals surface area contributed by atoms with Crippen LogP contribution in [-0.2, 0) is 16.6 Å². The van der Waals surface area contributed by atoms with Crippen LogP contribution in [0.15, 0.2) is 36.4 Å². The molecule has 1 N–H and O–H groups in total. The molecule has 3 aliphatic rings. The molecule has 2 heterocycles.